The van der Waals surface area contributed by atoms with E-state index in [1.165, 1.54) is 13.8 Å². The van der Waals surface area contributed by atoms with Gasteiger partial charge in [0.05, 0.1) is 0 Å². The zero-order chi connectivity index (χ0) is 10.3. The Balaban J connectivity index is 4.10. The van der Waals surface area contributed by atoms with Crippen molar-refractivity contribution < 1.29 is 19.1 Å². The largest absolute Gasteiger partial charge is 0.421 e. The Morgan fingerprint density at radius 2 is 1.77 bits per heavy atom. The van der Waals surface area contributed by atoms with Gasteiger partial charge in [0.25, 0.3) is 6.29 Å². The monoisotopic (exact) mass is 202 g/mol. The molecule has 0 fully saturated rings. The molecule has 0 saturated carbocycles. The third-order valence-corrected chi connectivity index (χ3v) is 1.56. The maximum Gasteiger partial charge on any atom is 0.305 e. The van der Waals surface area contributed by atoms with Crippen LogP contribution in [0.5, 0.6) is 0 Å². The Bertz CT molecular complexity index is 196. The maximum absolute atomic E-state index is 10.6. The number of ether oxygens (including phenoxy) is 2. The zero-order valence-electron chi connectivity index (χ0n) is 8.07. The van der Waals surface area contributed by atoms with Gasteiger partial charge in [0, 0.05) is 24.1 Å². The number of carbonyl (C=O) groups excluding carboxylic acids is 2. The Morgan fingerprint density at radius 1 is 1.31 bits per heavy atom. The normalized spacial score (nSPS) is 10.7. The molecule has 0 saturated heterocycles. The van der Waals surface area contributed by atoms with Crippen LogP contribution in [0.25, 0.3) is 0 Å². The van der Waals surface area contributed by atoms with Gasteiger partial charge in [-0.1, -0.05) is 6.08 Å². The van der Waals surface area contributed by atoms with Crippen LogP contribution >= 0.6 is 0 Å². The predicted molar refractivity (Wildman–Crippen MR) is 51.2 cm³/mol. The number of hydrogen-bond donors (Lipinski definition) is 0. The summed E-state index contributed by atoms with van der Waals surface area (Å²) in [6.07, 6.45) is 2.52. The molecule has 0 aliphatic carbocycles. The molecular weight excluding hydrogens is 188 g/mol. The number of carbonyl (C=O) groups is 2. The fraction of sp³-hybridized carbons (Fsp3) is 0.500. The van der Waals surface area contributed by atoms with Crippen molar-refractivity contribution in [1.29, 1.82) is 0 Å². The van der Waals surface area contributed by atoms with Gasteiger partial charge in [0.15, 0.2) is 0 Å². The van der Waals surface area contributed by atoms with Gasteiger partial charge in [0.2, 0.25) is 0 Å². The summed E-state index contributed by atoms with van der Waals surface area (Å²) in [5.74, 6) is -0.937. The molecule has 0 aromatic rings. The van der Waals surface area contributed by atoms with Crippen LogP contribution < -0.4 is 0 Å². The quantitative estimate of drug-likeness (QED) is 0.274. The molecule has 0 rings (SSSR count). The molecule has 0 aliphatic rings. The third kappa shape index (κ3) is 7.26. The molecule has 0 N–H and O–H groups in total. The van der Waals surface area contributed by atoms with E-state index in [0.29, 0.717) is 0 Å². The summed E-state index contributed by atoms with van der Waals surface area (Å²) in [4.78, 5) is 21.1. The number of esters is 2. The van der Waals surface area contributed by atoms with Crippen LogP contribution in [0.2, 0.25) is 6.04 Å². The highest BCUT2D eigenvalue weighted by Gasteiger charge is 2.10. The lowest BCUT2D eigenvalue weighted by molar-refractivity contribution is -0.176. The molecule has 74 valence electrons. The van der Waals surface area contributed by atoms with Gasteiger partial charge in [-0.3, -0.25) is 9.59 Å². The number of allylic oxidation sites excluding steroid dienone is 1. The Labute approximate surface area is 80.3 Å². The van der Waals surface area contributed by atoms with Crippen molar-refractivity contribution in [3.8, 4) is 0 Å². The van der Waals surface area contributed by atoms with Crippen LogP contribution in [0.1, 0.15) is 13.8 Å². The van der Waals surface area contributed by atoms with E-state index in [2.05, 4.69) is 0 Å². The molecule has 0 atom stereocenters. The first-order valence-corrected chi connectivity index (χ1v) is 5.48. The summed E-state index contributed by atoms with van der Waals surface area (Å²) in [6, 6.07) is 0.930. The van der Waals surface area contributed by atoms with Crippen molar-refractivity contribution in [3.05, 3.63) is 12.2 Å². The SMILES string of the molecule is CC(=O)OC(C=CC[SiH3])OC(C)=O. The molecular formula is C8H14O4Si. The van der Waals surface area contributed by atoms with E-state index in [-0.39, 0.29) is 0 Å². The predicted octanol–water partition coefficient (Wildman–Crippen LogP) is -0.221. The summed E-state index contributed by atoms with van der Waals surface area (Å²) in [5, 5.41) is 0. The Morgan fingerprint density at radius 3 is 2.08 bits per heavy atom. The lowest BCUT2D eigenvalue weighted by atomic mass is 10.5. The standard InChI is InChI=1S/C8H14O4Si/c1-6(9)11-8(4-3-5-13)12-7(2)10/h3-4,8H,5H2,1-2,13H3. The van der Waals surface area contributed by atoms with Gasteiger partial charge in [-0.2, -0.15) is 0 Å². The van der Waals surface area contributed by atoms with Gasteiger partial charge in [0.1, 0.15) is 0 Å². The highest BCUT2D eigenvalue weighted by molar-refractivity contribution is 6.09. The molecule has 0 aromatic heterocycles. The first kappa shape index (κ1) is 11.9. The first-order valence-electron chi connectivity index (χ1n) is 4.07. The molecule has 0 aliphatic heterocycles. The fourth-order valence-electron chi connectivity index (χ4n) is 0.677. The topological polar surface area (TPSA) is 52.6 Å². The van der Waals surface area contributed by atoms with Crippen molar-refractivity contribution in [3.63, 3.8) is 0 Å². The molecule has 4 nitrogen and oxygen atoms in total. The second-order valence-electron chi connectivity index (χ2n) is 2.42. The van der Waals surface area contributed by atoms with Crippen molar-refractivity contribution in [1.82, 2.24) is 0 Å². The fourth-order valence-corrected chi connectivity index (χ4v) is 0.949. The van der Waals surface area contributed by atoms with Gasteiger partial charge in [-0.05, 0) is 12.1 Å². The van der Waals surface area contributed by atoms with Crippen molar-refractivity contribution in [2.24, 2.45) is 0 Å². The van der Waals surface area contributed by atoms with Crippen LogP contribution in [-0.4, -0.2) is 28.5 Å². The molecule has 0 bridgehead atoms. The van der Waals surface area contributed by atoms with Crippen LogP contribution in [0.3, 0.4) is 0 Å². The number of hydrogen-bond acceptors (Lipinski definition) is 4. The smallest absolute Gasteiger partial charge is 0.305 e. The molecule has 13 heavy (non-hydrogen) atoms. The van der Waals surface area contributed by atoms with E-state index in [4.69, 9.17) is 9.47 Å². The number of rotatable bonds is 4. The second-order valence-corrected chi connectivity index (χ2v) is 3.24. The average molecular weight is 202 g/mol. The van der Waals surface area contributed by atoms with E-state index in [0.717, 1.165) is 16.3 Å². The molecule has 5 heteroatoms. The van der Waals surface area contributed by atoms with Crippen molar-refractivity contribution in [2.75, 3.05) is 0 Å². The lowest BCUT2D eigenvalue weighted by Crippen LogP contribution is -2.19. The molecule has 0 aromatic carbocycles. The minimum Gasteiger partial charge on any atom is -0.421 e. The van der Waals surface area contributed by atoms with E-state index < -0.39 is 18.2 Å². The van der Waals surface area contributed by atoms with Gasteiger partial charge >= 0.3 is 11.9 Å². The Hall–Kier alpha value is -1.10. The molecule has 0 amide bonds. The minimum atomic E-state index is -0.871. The van der Waals surface area contributed by atoms with Gasteiger partial charge in [-0.25, -0.2) is 0 Å². The van der Waals surface area contributed by atoms with Gasteiger partial charge < -0.3 is 9.47 Å². The summed E-state index contributed by atoms with van der Waals surface area (Å²) in [7, 11) is 1.02. The summed E-state index contributed by atoms with van der Waals surface area (Å²) < 4.78 is 9.42. The summed E-state index contributed by atoms with van der Waals surface area (Å²) in [5.41, 5.74) is 0. The van der Waals surface area contributed by atoms with Crippen LogP contribution in [0, 0.1) is 0 Å². The van der Waals surface area contributed by atoms with E-state index >= 15 is 0 Å². The zero-order valence-corrected chi connectivity index (χ0v) is 10.1. The first-order chi connectivity index (χ1) is 6.06. The van der Waals surface area contributed by atoms with Crippen molar-refractivity contribution in [2.45, 2.75) is 26.2 Å². The Kier molecular flexibility index (Phi) is 5.87. The molecule has 0 heterocycles. The minimum absolute atomic E-state index is 0.468. The second kappa shape index (κ2) is 6.42. The van der Waals surface area contributed by atoms with E-state index in [1.54, 1.807) is 6.08 Å². The summed E-state index contributed by atoms with van der Waals surface area (Å²) in [6.45, 7) is 2.54. The molecule has 0 radical (unpaired) electrons. The van der Waals surface area contributed by atoms with E-state index in [1.807, 2.05) is 6.08 Å². The van der Waals surface area contributed by atoms with Crippen molar-refractivity contribution >= 4 is 22.2 Å². The maximum atomic E-state index is 10.6. The van der Waals surface area contributed by atoms with Gasteiger partial charge in [-0.15, -0.1) is 0 Å². The average Bonchev–Trinajstić information content (AvgIpc) is 1.98. The summed E-state index contributed by atoms with van der Waals surface area (Å²) >= 11 is 0. The lowest BCUT2D eigenvalue weighted by Gasteiger charge is -2.12. The van der Waals surface area contributed by atoms with Crippen LogP contribution in [-0.2, 0) is 19.1 Å². The highest BCUT2D eigenvalue weighted by atomic mass is 28.1. The third-order valence-electron chi connectivity index (χ3n) is 1.09. The van der Waals surface area contributed by atoms with Crippen LogP contribution in [0.15, 0.2) is 12.2 Å². The van der Waals surface area contributed by atoms with E-state index in [9.17, 15) is 9.59 Å². The van der Waals surface area contributed by atoms with Crippen LogP contribution in [0.4, 0.5) is 0 Å². The highest BCUT2D eigenvalue weighted by Crippen LogP contribution is 1.99. The molecule has 0 unspecified atom stereocenters. The molecule has 0 spiro atoms.